The van der Waals surface area contributed by atoms with Crippen molar-refractivity contribution < 1.29 is 23.9 Å². The number of hydrogen-bond acceptors (Lipinski definition) is 6. The Morgan fingerprint density at radius 1 is 0.946 bits per heavy atom. The summed E-state index contributed by atoms with van der Waals surface area (Å²) in [5.74, 6) is -1.41. The average Bonchev–Trinajstić information content (AvgIpc) is 2.86. The van der Waals surface area contributed by atoms with Gasteiger partial charge >= 0.3 is 11.8 Å². The summed E-state index contributed by atoms with van der Waals surface area (Å²) in [5.41, 5.74) is 4.77. The SMILES string of the molecule is CCOc1cc(/C=N\NC(=O)C(=O)Nc2cccc(Cl)c2)ccc1OCC(=O)Nc1ccc(Br)c(C)c1. The smallest absolute Gasteiger partial charge is 0.329 e. The number of hydrogen-bond donors (Lipinski definition) is 3. The Hall–Kier alpha value is -3.89. The van der Waals surface area contributed by atoms with Crippen LogP contribution < -0.4 is 25.5 Å². The highest BCUT2D eigenvalue weighted by atomic mass is 79.9. The molecule has 37 heavy (non-hydrogen) atoms. The molecule has 0 aliphatic heterocycles. The second kappa shape index (κ2) is 13.4. The summed E-state index contributed by atoms with van der Waals surface area (Å²) < 4.78 is 12.2. The molecular formula is C26H24BrClN4O5. The minimum Gasteiger partial charge on any atom is -0.490 e. The van der Waals surface area contributed by atoms with E-state index in [0.29, 0.717) is 40.1 Å². The number of carbonyl (C=O) groups is 3. The average molecular weight is 588 g/mol. The molecule has 0 atom stereocenters. The second-order valence-electron chi connectivity index (χ2n) is 7.60. The van der Waals surface area contributed by atoms with Gasteiger partial charge in [0, 0.05) is 20.9 Å². The van der Waals surface area contributed by atoms with E-state index in [1.165, 1.54) is 12.3 Å². The van der Waals surface area contributed by atoms with Crippen LogP contribution in [0.2, 0.25) is 5.02 Å². The van der Waals surface area contributed by atoms with Gasteiger partial charge in [0.1, 0.15) is 0 Å². The van der Waals surface area contributed by atoms with Crippen LogP contribution in [0.5, 0.6) is 11.5 Å². The van der Waals surface area contributed by atoms with Gasteiger partial charge in [-0.2, -0.15) is 5.10 Å². The lowest BCUT2D eigenvalue weighted by atomic mass is 10.2. The van der Waals surface area contributed by atoms with E-state index in [4.69, 9.17) is 21.1 Å². The second-order valence-corrected chi connectivity index (χ2v) is 8.89. The molecule has 3 aromatic rings. The van der Waals surface area contributed by atoms with Gasteiger partial charge in [-0.3, -0.25) is 14.4 Å². The first-order chi connectivity index (χ1) is 17.7. The van der Waals surface area contributed by atoms with Gasteiger partial charge in [0.2, 0.25) is 0 Å². The van der Waals surface area contributed by atoms with E-state index < -0.39 is 11.8 Å². The molecule has 3 N–H and O–H groups in total. The summed E-state index contributed by atoms with van der Waals surface area (Å²) in [6.07, 6.45) is 1.35. The van der Waals surface area contributed by atoms with Crippen molar-refractivity contribution in [3.05, 3.63) is 81.3 Å². The molecule has 0 unspecified atom stereocenters. The lowest BCUT2D eigenvalue weighted by Gasteiger charge is -2.13. The Labute approximate surface area is 227 Å². The molecule has 9 nitrogen and oxygen atoms in total. The third kappa shape index (κ3) is 8.62. The molecule has 0 saturated heterocycles. The number of ether oxygens (including phenoxy) is 2. The van der Waals surface area contributed by atoms with Crippen molar-refractivity contribution in [2.75, 3.05) is 23.8 Å². The zero-order valence-electron chi connectivity index (χ0n) is 20.0. The Kier molecular flexibility index (Phi) is 10.0. The van der Waals surface area contributed by atoms with Gasteiger partial charge in [-0.25, -0.2) is 5.43 Å². The van der Waals surface area contributed by atoms with Crippen molar-refractivity contribution in [1.82, 2.24) is 5.43 Å². The fourth-order valence-electron chi connectivity index (χ4n) is 3.03. The highest BCUT2D eigenvalue weighted by Crippen LogP contribution is 2.28. The Balaban J connectivity index is 1.56. The first-order valence-corrected chi connectivity index (χ1v) is 12.3. The largest absolute Gasteiger partial charge is 0.490 e. The molecule has 3 rings (SSSR count). The van der Waals surface area contributed by atoms with Crippen molar-refractivity contribution >= 4 is 62.8 Å². The summed E-state index contributed by atoms with van der Waals surface area (Å²) in [7, 11) is 0. The molecule has 0 heterocycles. The molecule has 0 aliphatic carbocycles. The quantitative estimate of drug-likeness (QED) is 0.187. The fourth-order valence-corrected chi connectivity index (χ4v) is 3.46. The highest BCUT2D eigenvalue weighted by Gasteiger charge is 2.13. The van der Waals surface area contributed by atoms with E-state index in [-0.39, 0.29) is 12.5 Å². The monoisotopic (exact) mass is 586 g/mol. The lowest BCUT2D eigenvalue weighted by Crippen LogP contribution is -2.32. The van der Waals surface area contributed by atoms with E-state index in [2.05, 4.69) is 37.1 Å². The topological polar surface area (TPSA) is 118 Å². The summed E-state index contributed by atoms with van der Waals surface area (Å²) in [4.78, 5) is 36.3. The summed E-state index contributed by atoms with van der Waals surface area (Å²) in [6.45, 7) is 3.88. The number of aryl methyl sites for hydroxylation is 1. The van der Waals surface area contributed by atoms with Crippen molar-refractivity contribution in [3.8, 4) is 11.5 Å². The van der Waals surface area contributed by atoms with E-state index in [0.717, 1.165) is 10.0 Å². The first-order valence-electron chi connectivity index (χ1n) is 11.1. The number of amides is 3. The van der Waals surface area contributed by atoms with Crippen molar-refractivity contribution in [2.45, 2.75) is 13.8 Å². The van der Waals surface area contributed by atoms with Crippen LogP contribution in [0.15, 0.2) is 70.2 Å². The molecule has 0 fully saturated rings. The molecule has 0 bridgehead atoms. The minimum absolute atomic E-state index is 0.222. The van der Waals surface area contributed by atoms with Gasteiger partial charge < -0.3 is 20.1 Å². The van der Waals surface area contributed by atoms with E-state index in [1.807, 2.05) is 26.0 Å². The van der Waals surface area contributed by atoms with Gasteiger partial charge in [0.05, 0.1) is 12.8 Å². The maximum absolute atomic E-state index is 12.3. The van der Waals surface area contributed by atoms with Crippen LogP contribution in [0.3, 0.4) is 0 Å². The molecule has 11 heteroatoms. The molecule has 0 radical (unpaired) electrons. The zero-order chi connectivity index (χ0) is 26.8. The Bertz CT molecular complexity index is 1330. The van der Waals surface area contributed by atoms with Crippen molar-refractivity contribution in [2.24, 2.45) is 5.10 Å². The first kappa shape index (κ1) is 27.7. The molecule has 3 amide bonds. The van der Waals surface area contributed by atoms with Crippen LogP contribution in [0.25, 0.3) is 0 Å². The van der Waals surface area contributed by atoms with Gasteiger partial charge in [-0.15, -0.1) is 0 Å². The van der Waals surface area contributed by atoms with E-state index >= 15 is 0 Å². The van der Waals surface area contributed by atoms with Crippen LogP contribution in [0, 0.1) is 6.92 Å². The van der Waals surface area contributed by atoms with E-state index in [9.17, 15) is 14.4 Å². The van der Waals surface area contributed by atoms with Crippen LogP contribution >= 0.6 is 27.5 Å². The standard InChI is InChI=1S/C26H24BrClN4O5/c1-3-36-23-12-17(14-29-32-26(35)25(34)31-19-6-4-5-18(28)13-19)7-10-22(23)37-15-24(33)30-20-8-9-21(27)16(2)11-20/h4-14H,3,15H2,1-2H3,(H,30,33)(H,31,34)(H,32,35)/b29-14-. The summed E-state index contributed by atoms with van der Waals surface area (Å²) >= 11 is 9.29. The number of benzene rings is 3. The van der Waals surface area contributed by atoms with Crippen molar-refractivity contribution in [1.29, 1.82) is 0 Å². The number of halogens is 2. The maximum atomic E-state index is 12.3. The van der Waals surface area contributed by atoms with Crippen LogP contribution in [0.4, 0.5) is 11.4 Å². The predicted molar refractivity (Wildman–Crippen MR) is 146 cm³/mol. The summed E-state index contributed by atoms with van der Waals surface area (Å²) in [6, 6.07) is 16.8. The molecule has 0 aliphatic rings. The lowest BCUT2D eigenvalue weighted by molar-refractivity contribution is -0.136. The fraction of sp³-hybridized carbons (Fsp3) is 0.154. The summed E-state index contributed by atoms with van der Waals surface area (Å²) in [5, 5.41) is 9.45. The Morgan fingerprint density at radius 2 is 1.73 bits per heavy atom. The molecule has 0 saturated carbocycles. The molecular weight excluding hydrogens is 564 g/mol. The number of rotatable bonds is 9. The highest BCUT2D eigenvalue weighted by molar-refractivity contribution is 9.10. The molecule has 0 spiro atoms. The number of carbonyl (C=O) groups excluding carboxylic acids is 3. The number of nitrogens with one attached hydrogen (secondary N) is 3. The van der Waals surface area contributed by atoms with Gasteiger partial charge in [0.25, 0.3) is 5.91 Å². The van der Waals surface area contributed by atoms with Gasteiger partial charge in [-0.1, -0.05) is 33.6 Å². The number of nitrogens with zero attached hydrogens (tertiary/aromatic N) is 1. The number of anilines is 2. The number of hydrazone groups is 1. The van der Waals surface area contributed by atoms with Crippen LogP contribution in [-0.2, 0) is 14.4 Å². The molecule has 192 valence electrons. The van der Waals surface area contributed by atoms with Crippen LogP contribution in [-0.4, -0.2) is 37.1 Å². The van der Waals surface area contributed by atoms with E-state index in [1.54, 1.807) is 42.5 Å². The third-order valence-electron chi connectivity index (χ3n) is 4.74. The Morgan fingerprint density at radius 3 is 2.46 bits per heavy atom. The molecule has 3 aromatic carbocycles. The maximum Gasteiger partial charge on any atom is 0.329 e. The van der Waals surface area contributed by atoms with Crippen LogP contribution in [0.1, 0.15) is 18.1 Å². The van der Waals surface area contributed by atoms with Gasteiger partial charge in [0.15, 0.2) is 18.1 Å². The third-order valence-corrected chi connectivity index (χ3v) is 5.86. The zero-order valence-corrected chi connectivity index (χ0v) is 22.4. The normalized spacial score (nSPS) is 10.6. The van der Waals surface area contributed by atoms with Crippen molar-refractivity contribution in [3.63, 3.8) is 0 Å². The molecule has 0 aromatic heterocycles. The predicted octanol–water partition coefficient (Wildman–Crippen LogP) is 4.92. The van der Waals surface area contributed by atoms with Gasteiger partial charge in [-0.05, 0) is 79.6 Å². The minimum atomic E-state index is -0.951.